The monoisotopic (exact) mass is 542 g/mol. The summed E-state index contributed by atoms with van der Waals surface area (Å²) >= 11 is 0. The molecule has 1 atom stereocenters. The first kappa shape index (κ1) is 26.1. The van der Waals surface area contributed by atoms with Crippen LogP contribution in [0.2, 0.25) is 0 Å². The Morgan fingerprint density at radius 1 is 1.02 bits per heavy atom. The van der Waals surface area contributed by atoms with Crippen molar-refractivity contribution in [1.82, 2.24) is 35.5 Å². The molecular weight excluding hydrogens is 510 g/mol. The van der Waals surface area contributed by atoms with Crippen molar-refractivity contribution in [3.8, 4) is 0 Å². The van der Waals surface area contributed by atoms with E-state index < -0.39 is 11.6 Å². The number of hydrogen-bond acceptors (Lipinski definition) is 6. The average molecular weight is 543 g/mol. The Labute approximate surface area is 231 Å². The molecule has 206 valence electrons. The van der Waals surface area contributed by atoms with Gasteiger partial charge >= 0.3 is 0 Å². The van der Waals surface area contributed by atoms with Gasteiger partial charge in [0.25, 0.3) is 0 Å². The van der Waals surface area contributed by atoms with Gasteiger partial charge in [0.05, 0.1) is 12.7 Å². The van der Waals surface area contributed by atoms with Gasteiger partial charge in [-0.05, 0) is 85.0 Å². The highest BCUT2D eigenvalue weighted by atomic mass is 19.1. The van der Waals surface area contributed by atoms with Gasteiger partial charge in [0.15, 0.2) is 5.65 Å². The molecule has 1 aliphatic carbocycles. The number of nitrogens with two attached hydrogens (primary N) is 1. The largest absolute Gasteiger partial charge is 0.384 e. The zero-order valence-electron chi connectivity index (χ0n) is 22.1. The van der Waals surface area contributed by atoms with Gasteiger partial charge in [-0.2, -0.15) is 5.10 Å². The summed E-state index contributed by atoms with van der Waals surface area (Å²) in [5.41, 5.74) is 11.2. The van der Waals surface area contributed by atoms with Gasteiger partial charge in [0, 0.05) is 24.2 Å². The van der Waals surface area contributed by atoms with E-state index in [-0.39, 0.29) is 12.5 Å². The van der Waals surface area contributed by atoms with Crippen LogP contribution in [0.5, 0.6) is 0 Å². The Morgan fingerprint density at radius 3 is 2.58 bits per heavy atom. The summed E-state index contributed by atoms with van der Waals surface area (Å²) in [6, 6.07) is 16.6. The lowest BCUT2D eigenvalue weighted by atomic mass is 9.81. The predicted octanol–water partition coefficient (Wildman–Crippen LogP) is 5.30. The number of nitrogens with zero attached hydrogens (tertiary/aromatic N) is 5. The minimum atomic E-state index is -0.607. The summed E-state index contributed by atoms with van der Waals surface area (Å²) in [7, 11) is 0. The molecule has 5 aromatic rings. The summed E-state index contributed by atoms with van der Waals surface area (Å²) < 4.78 is 29.2. The Balaban J connectivity index is 1.18. The SMILES string of the molecule is Nc1cc(C(CCN[C@H]2CC[C@H](c3ccccc3)CC2)c2cnn(Cc3cc(F)cc(F)c3)c2)c2nn[nH]c2n1. The molecule has 1 fully saturated rings. The number of rotatable bonds is 9. The van der Waals surface area contributed by atoms with E-state index in [0.29, 0.717) is 34.5 Å². The van der Waals surface area contributed by atoms with Gasteiger partial charge in [-0.3, -0.25) is 4.68 Å². The molecule has 1 unspecified atom stereocenters. The molecule has 10 heteroatoms. The first-order chi connectivity index (χ1) is 19.5. The van der Waals surface area contributed by atoms with Crippen molar-refractivity contribution in [2.24, 2.45) is 0 Å². The van der Waals surface area contributed by atoms with Gasteiger partial charge in [0.2, 0.25) is 0 Å². The number of H-pyrrole nitrogens is 1. The van der Waals surface area contributed by atoms with Gasteiger partial charge < -0.3 is 11.1 Å². The lowest BCUT2D eigenvalue weighted by Gasteiger charge is -2.30. The van der Waals surface area contributed by atoms with Crippen molar-refractivity contribution >= 4 is 17.0 Å². The summed E-state index contributed by atoms with van der Waals surface area (Å²) in [5, 5.41) is 19.3. The zero-order valence-corrected chi connectivity index (χ0v) is 22.1. The van der Waals surface area contributed by atoms with Crippen LogP contribution >= 0.6 is 0 Å². The van der Waals surface area contributed by atoms with Crippen molar-refractivity contribution in [2.45, 2.75) is 56.5 Å². The molecule has 40 heavy (non-hydrogen) atoms. The molecule has 8 nitrogen and oxygen atoms in total. The third-order valence-electron chi connectivity index (χ3n) is 7.91. The summed E-state index contributed by atoms with van der Waals surface area (Å²) in [4.78, 5) is 4.33. The Bertz CT molecular complexity index is 1550. The van der Waals surface area contributed by atoms with E-state index >= 15 is 0 Å². The number of aromatic nitrogens is 6. The first-order valence-electron chi connectivity index (χ1n) is 13.7. The molecule has 2 aromatic carbocycles. The van der Waals surface area contributed by atoms with Crippen LogP contribution in [0.25, 0.3) is 11.2 Å². The van der Waals surface area contributed by atoms with Crippen LogP contribution in [0, 0.1) is 11.6 Å². The fourth-order valence-corrected chi connectivity index (χ4v) is 5.97. The third kappa shape index (κ3) is 5.86. The Hall–Kier alpha value is -4.18. The number of hydrogen-bond donors (Lipinski definition) is 3. The van der Waals surface area contributed by atoms with Crippen LogP contribution in [0.1, 0.15) is 66.2 Å². The molecule has 0 bridgehead atoms. The first-order valence-corrected chi connectivity index (χ1v) is 13.7. The number of halogens is 2. The van der Waals surface area contributed by atoms with Crippen LogP contribution in [0.15, 0.2) is 67.0 Å². The second-order valence-corrected chi connectivity index (χ2v) is 10.6. The summed E-state index contributed by atoms with van der Waals surface area (Å²) in [6.07, 6.45) is 9.14. The molecule has 0 radical (unpaired) electrons. The minimum Gasteiger partial charge on any atom is -0.384 e. The predicted molar refractivity (Wildman–Crippen MR) is 150 cm³/mol. The van der Waals surface area contributed by atoms with E-state index in [4.69, 9.17) is 5.73 Å². The Morgan fingerprint density at radius 2 is 1.80 bits per heavy atom. The second-order valence-electron chi connectivity index (χ2n) is 10.6. The van der Waals surface area contributed by atoms with Crippen molar-refractivity contribution in [3.63, 3.8) is 0 Å². The smallest absolute Gasteiger partial charge is 0.178 e. The van der Waals surface area contributed by atoms with E-state index in [1.807, 2.05) is 12.3 Å². The number of fused-ring (bicyclic) bond motifs is 1. The van der Waals surface area contributed by atoms with E-state index in [2.05, 4.69) is 61.1 Å². The van der Waals surface area contributed by atoms with Gasteiger partial charge in [0.1, 0.15) is 23.0 Å². The second kappa shape index (κ2) is 11.5. The van der Waals surface area contributed by atoms with Crippen molar-refractivity contribution in [1.29, 1.82) is 0 Å². The lowest BCUT2D eigenvalue weighted by Crippen LogP contribution is -2.34. The quantitative estimate of drug-likeness (QED) is 0.233. The summed E-state index contributed by atoms with van der Waals surface area (Å²) in [6.45, 7) is 1.05. The fourth-order valence-electron chi connectivity index (χ4n) is 5.97. The Kier molecular flexibility index (Phi) is 7.50. The molecule has 6 rings (SSSR count). The average Bonchev–Trinajstić information content (AvgIpc) is 3.61. The molecule has 1 aliphatic rings. The topological polar surface area (TPSA) is 110 Å². The zero-order chi connectivity index (χ0) is 27.5. The van der Waals surface area contributed by atoms with E-state index in [9.17, 15) is 8.78 Å². The van der Waals surface area contributed by atoms with E-state index in [0.717, 1.165) is 43.0 Å². The number of anilines is 1. The van der Waals surface area contributed by atoms with Gasteiger partial charge in [-0.1, -0.05) is 35.5 Å². The van der Waals surface area contributed by atoms with Crippen molar-refractivity contribution in [2.75, 3.05) is 12.3 Å². The van der Waals surface area contributed by atoms with Crippen LogP contribution in [0.3, 0.4) is 0 Å². The van der Waals surface area contributed by atoms with E-state index in [1.54, 1.807) is 10.9 Å². The molecule has 0 amide bonds. The van der Waals surface area contributed by atoms with Crippen molar-refractivity contribution < 1.29 is 8.78 Å². The number of pyridine rings is 1. The lowest BCUT2D eigenvalue weighted by molar-refractivity contribution is 0.340. The number of aromatic amines is 1. The highest BCUT2D eigenvalue weighted by Crippen LogP contribution is 2.34. The van der Waals surface area contributed by atoms with Crippen molar-refractivity contribution in [3.05, 3.63) is 101 Å². The van der Waals surface area contributed by atoms with Gasteiger partial charge in [-0.15, -0.1) is 5.10 Å². The van der Waals surface area contributed by atoms with Crippen LogP contribution < -0.4 is 11.1 Å². The standard InChI is InChI=1S/C30H32F2N8/c31-23-12-19(13-24(32)14-23)17-40-18-22(16-35-40)26(27-15-28(33)36-30-29(27)37-39-38-30)10-11-34-25-8-6-21(7-9-25)20-4-2-1-3-5-20/h1-5,12-16,18,21,25-26,34H,6-11,17H2,(H3,33,36,37,38,39)/t21-,25-,26?. The number of nitrogen functional groups attached to an aromatic ring is 1. The molecule has 4 N–H and O–H groups in total. The summed E-state index contributed by atoms with van der Waals surface area (Å²) in [5.74, 6) is -0.281. The highest BCUT2D eigenvalue weighted by molar-refractivity contribution is 5.77. The molecular formula is C30H32F2N8. The maximum absolute atomic E-state index is 13.7. The van der Waals surface area contributed by atoms with Crippen LogP contribution in [-0.4, -0.2) is 42.8 Å². The van der Waals surface area contributed by atoms with Gasteiger partial charge in [-0.25, -0.2) is 18.9 Å². The maximum Gasteiger partial charge on any atom is 0.178 e. The molecule has 0 saturated heterocycles. The maximum atomic E-state index is 13.7. The molecule has 0 spiro atoms. The van der Waals surface area contributed by atoms with Crippen LogP contribution in [0.4, 0.5) is 14.6 Å². The molecule has 0 aliphatic heterocycles. The number of nitrogens with one attached hydrogen (secondary N) is 2. The molecule has 1 saturated carbocycles. The third-order valence-corrected chi connectivity index (χ3v) is 7.91. The van der Waals surface area contributed by atoms with E-state index in [1.165, 1.54) is 30.5 Å². The highest BCUT2D eigenvalue weighted by Gasteiger charge is 2.25. The normalized spacial score (nSPS) is 18.2. The molecule has 3 heterocycles. The number of benzene rings is 2. The molecule has 3 aromatic heterocycles. The fraction of sp³-hybridized carbons (Fsp3) is 0.333. The van der Waals surface area contributed by atoms with Crippen LogP contribution in [-0.2, 0) is 6.54 Å². The minimum absolute atomic E-state index is 0.0796.